The van der Waals surface area contributed by atoms with Crippen LogP contribution in [0, 0.1) is 0 Å². The highest BCUT2D eigenvalue weighted by atomic mass is 16.5. The summed E-state index contributed by atoms with van der Waals surface area (Å²) in [6.07, 6.45) is 1.75. The number of carbonyl (C=O) groups excluding carboxylic acids is 2. The summed E-state index contributed by atoms with van der Waals surface area (Å²) in [5.74, 6) is -1.61. The molecule has 2 N–H and O–H groups in total. The number of rotatable bonds is 4. The molecular weight excluding hydrogens is 284 g/mol. The molecule has 0 aromatic heterocycles. The summed E-state index contributed by atoms with van der Waals surface area (Å²) in [7, 11) is 0. The summed E-state index contributed by atoms with van der Waals surface area (Å²) in [6, 6.07) is 16.3. The van der Waals surface area contributed by atoms with Crippen molar-refractivity contribution in [1.82, 2.24) is 0 Å². The highest BCUT2D eigenvalue weighted by Gasteiger charge is 2.13. The van der Waals surface area contributed by atoms with Gasteiger partial charge in [-0.3, -0.25) is 20.0 Å². The van der Waals surface area contributed by atoms with E-state index in [0.717, 1.165) is 12.2 Å². The zero-order valence-electron chi connectivity index (χ0n) is 11.5. The lowest BCUT2D eigenvalue weighted by Crippen LogP contribution is -2.27. The van der Waals surface area contributed by atoms with Crippen LogP contribution in [0.5, 0.6) is 0 Å². The monoisotopic (exact) mass is 298 g/mol. The third kappa shape index (κ3) is 3.78. The van der Waals surface area contributed by atoms with Gasteiger partial charge in [-0.2, -0.15) is 10.1 Å². The first-order chi connectivity index (χ1) is 10.6. The van der Waals surface area contributed by atoms with Gasteiger partial charge < -0.3 is 0 Å². The van der Waals surface area contributed by atoms with Gasteiger partial charge in [-0.1, -0.05) is 36.4 Å². The van der Waals surface area contributed by atoms with Crippen molar-refractivity contribution in [2.75, 3.05) is 10.1 Å². The quantitative estimate of drug-likeness (QED) is 0.516. The molecule has 2 aromatic rings. The van der Waals surface area contributed by atoms with E-state index in [4.69, 9.17) is 0 Å². The predicted molar refractivity (Wildman–Crippen MR) is 80.6 cm³/mol. The number of amides is 2. The fraction of sp³-hybridized carbons (Fsp3) is 0. The Hall–Kier alpha value is -2.96. The van der Waals surface area contributed by atoms with Gasteiger partial charge in [0.25, 0.3) is 11.8 Å². The summed E-state index contributed by atoms with van der Waals surface area (Å²) in [6.45, 7) is 0. The molecule has 0 heterocycles. The van der Waals surface area contributed by atoms with Crippen LogP contribution in [0.4, 0.5) is 11.4 Å². The zero-order chi connectivity index (χ0) is 15.9. The molecular formula is C16H14N2O4. The van der Waals surface area contributed by atoms with E-state index in [1.54, 1.807) is 36.4 Å². The van der Waals surface area contributed by atoms with Crippen LogP contribution in [0.1, 0.15) is 0 Å². The lowest BCUT2D eigenvalue weighted by Gasteiger charge is -2.13. The fourth-order valence-electron chi connectivity index (χ4n) is 1.68. The van der Waals surface area contributed by atoms with Crippen LogP contribution in [0.2, 0.25) is 0 Å². The highest BCUT2D eigenvalue weighted by Crippen LogP contribution is 2.12. The standard InChI is InChI=1S/C16H14N2O4/c19-15(17(21)13-7-3-1-4-8-13)11-12-16(20)18(22)14-9-5-2-6-10-14/h1-12,21-22H. The van der Waals surface area contributed by atoms with Crippen molar-refractivity contribution in [2.24, 2.45) is 0 Å². The first-order valence-electron chi connectivity index (χ1n) is 6.43. The minimum absolute atomic E-state index is 0.272. The lowest BCUT2D eigenvalue weighted by molar-refractivity contribution is -0.121. The van der Waals surface area contributed by atoms with Gasteiger partial charge >= 0.3 is 0 Å². The van der Waals surface area contributed by atoms with Gasteiger partial charge in [-0.15, -0.1) is 0 Å². The molecule has 0 saturated carbocycles. The topological polar surface area (TPSA) is 81.1 Å². The molecule has 2 aromatic carbocycles. The molecule has 0 fully saturated rings. The van der Waals surface area contributed by atoms with E-state index in [2.05, 4.69) is 0 Å². The van der Waals surface area contributed by atoms with Gasteiger partial charge in [0.1, 0.15) is 0 Å². The second-order valence-electron chi connectivity index (χ2n) is 4.30. The second-order valence-corrected chi connectivity index (χ2v) is 4.30. The number of anilines is 2. The third-order valence-electron chi connectivity index (χ3n) is 2.79. The zero-order valence-corrected chi connectivity index (χ0v) is 11.5. The van der Waals surface area contributed by atoms with Crippen molar-refractivity contribution >= 4 is 23.2 Å². The van der Waals surface area contributed by atoms with Gasteiger partial charge in [0, 0.05) is 12.2 Å². The Morgan fingerprint density at radius 1 is 0.682 bits per heavy atom. The molecule has 0 aliphatic carbocycles. The Kier molecular flexibility index (Phi) is 5.02. The molecule has 0 bridgehead atoms. The lowest BCUT2D eigenvalue weighted by atomic mass is 10.3. The molecule has 22 heavy (non-hydrogen) atoms. The molecule has 0 saturated heterocycles. The largest absolute Gasteiger partial charge is 0.281 e. The number of carbonyl (C=O) groups is 2. The Balaban J connectivity index is 2.02. The number of nitrogens with zero attached hydrogens (tertiary/aromatic N) is 2. The molecule has 0 unspecified atom stereocenters. The Morgan fingerprint density at radius 3 is 1.32 bits per heavy atom. The maximum Gasteiger partial charge on any atom is 0.274 e. The number of para-hydroxylation sites is 2. The molecule has 6 heteroatoms. The van der Waals surface area contributed by atoms with Gasteiger partial charge in [-0.05, 0) is 24.3 Å². The average Bonchev–Trinajstić information content (AvgIpc) is 2.59. The summed E-state index contributed by atoms with van der Waals surface area (Å²) >= 11 is 0. The fourth-order valence-corrected chi connectivity index (χ4v) is 1.68. The highest BCUT2D eigenvalue weighted by molar-refractivity contribution is 6.07. The molecule has 0 atom stereocenters. The van der Waals surface area contributed by atoms with Crippen LogP contribution < -0.4 is 10.1 Å². The van der Waals surface area contributed by atoms with Crippen LogP contribution in [-0.2, 0) is 9.59 Å². The summed E-state index contributed by atoms with van der Waals surface area (Å²) in [4.78, 5) is 23.5. The molecule has 6 nitrogen and oxygen atoms in total. The van der Waals surface area contributed by atoms with Crippen LogP contribution in [0.25, 0.3) is 0 Å². The molecule has 2 rings (SSSR count). The second kappa shape index (κ2) is 7.16. The van der Waals surface area contributed by atoms with E-state index in [9.17, 15) is 20.0 Å². The van der Waals surface area contributed by atoms with E-state index in [0.29, 0.717) is 10.1 Å². The molecule has 0 aliphatic heterocycles. The predicted octanol–water partition coefficient (Wildman–Crippen LogP) is 2.39. The van der Waals surface area contributed by atoms with Crippen LogP contribution >= 0.6 is 0 Å². The normalized spacial score (nSPS) is 10.5. The molecule has 112 valence electrons. The Morgan fingerprint density at radius 2 is 1.00 bits per heavy atom. The number of hydrogen-bond acceptors (Lipinski definition) is 4. The van der Waals surface area contributed by atoms with E-state index >= 15 is 0 Å². The van der Waals surface area contributed by atoms with Crippen molar-refractivity contribution in [2.45, 2.75) is 0 Å². The van der Waals surface area contributed by atoms with Crippen molar-refractivity contribution in [3.05, 3.63) is 72.8 Å². The number of hydrogen-bond donors (Lipinski definition) is 2. The van der Waals surface area contributed by atoms with Gasteiger partial charge in [0.05, 0.1) is 11.4 Å². The average molecular weight is 298 g/mol. The van der Waals surface area contributed by atoms with Crippen molar-refractivity contribution < 1.29 is 20.0 Å². The van der Waals surface area contributed by atoms with E-state index in [1.165, 1.54) is 24.3 Å². The molecule has 2 amide bonds. The third-order valence-corrected chi connectivity index (χ3v) is 2.79. The van der Waals surface area contributed by atoms with Gasteiger partial charge in [0.2, 0.25) is 0 Å². The van der Waals surface area contributed by atoms with Crippen molar-refractivity contribution in [1.29, 1.82) is 0 Å². The van der Waals surface area contributed by atoms with Gasteiger partial charge in [-0.25, -0.2) is 0 Å². The first-order valence-corrected chi connectivity index (χ1v) is 6.43. The van der Waals surface area contributed by atoms with E-state index in [-0.39, 0.29) is 11.4 Å². The minimum atomic E-state index is -0.805. The SMILES string of the molecule is O=C(C=CC(=O)N(O)c1ccccc1)N(O)c1ccccc1. The summed E-state index contributed by atoms with van der Waals surface area (Å²) in [5.41, 5.74) is 0.544. The van der Waals surface area contributed by atoms with Gasteiger partial charge in [0.15, 0.2) is 0 Å². The van der Waals surface area contributed by atoms with Crippen LogP contribution in [0.3, 0.4) is 0 Å². The van der Waals surface area contributed by atoms with Crippen LogP contribution in [0.15, 0.2) is 72.8 Å². The number of hydroxylamine groups is 2. The first kappa shape index (κ1) is 15.4. The smallest absolute Gasteiger partial charge is 0.274 e. The van der Waals surface area contributed by atoms with E-state index < -0.39 is 11.8 Å². The molecule has 0 aliphatic rings. The van der Waals surface area contributed by atoms with Crippen molar-refractivity contribution in [3.8, 4) is 0 Å². The van der Waals surface area contributed by atoms with Crippen molar-refractivity contribution in [3.63, 3.8) is 0 Å². The maximum absolute atomic E-state index is 11.7. The Labute approximate surface area is 127 Å². The molecule has 0 spiro atoms. The summed E-state index contributed by atoms with van der Waals surface area (Å²) in [5, 5.41) is 20.2. The summed E-state index contributed by atoms with van der Waals surface area (Å²) < 4.78 is 0. The molecule has 0 radical (unpaired) electrons. The number of benzene rings is 2. The van der Waals surface area contributed by atoms with Crippen LogP contribution in [-0.4, -0.2) is 22.2 Å². The minimum Gasteiger partial charge on any atom is -0.281 e. The maximum atomic E-state index is 11.7. The van der Waals surface area contributed by atoms with E-state index in [1.807, 2.05) is 0 Å². The Bertz CT molecular complexity index is 612.